The largest absolute Gasteiger partial charge is 0.361 e. The standard InChI is InChI=1S/C19H16Cl2N2O/c1-13(24)23-19(16-8-3-5-11-18(16)21)15(9-6-12-22-19)14-7-2-4-10-17(14)20/h2-12,22H,1H3,(H,23,24). The van der Waals surface area contributed by atoms with Crippen LogP contribution < -0.4 is 10.6 Å². The molecule has 0 radical (unpaired) electrons. The van der Waals surface area contributed by atoms with Crippen molar-refractivity contribution in [1.82, 2.24) is 10.6 Å². The Labute approximate surface area is 151 Å². The Hall–Kier alpha value is -2.23. The number of benzene rings is 2. The molecule has 1 heterocycles. The molecule has 1 unspecified atom stereocenters. The van der Waals surface area contributed by atoms with Gasteiger partial charge in [0.25, 0.3) is 0 Å². The van der Waals surface area contributed by atoms with Gasteiger partial charge in [-0.3, -0.25) is 4.79 Å². The summed E-state index contributed by atoms with van der Waals surface area (Å²) in [6.45, 7) is 1.48. The molecule has 0 saturated carbocycles. The minimum Gasteiger partial charge on any atom is -0.361 e. The summed E-state index contributed by atoms with van der Waals surface area (Å²) < 4.78 is 0. The normalized spacial score (nSPS) is 19.4. The predicted molar refractivity (Wildman–Crippen MR) is 98.7 cm³/mol. The second-order valence-electron chi connectivity index (χ2n) is 5.47. The van der Waals surface area contributed by atoms with Gasteiger partial charge in [-0.2, -0.15) is 0 Å². The van der Waals surface area contributed by atoms with E-state index in [0.29, 0.717) is 10.0 Å². The summed E-state index contributed by atoms with van der Waals surface area (Å²) in [6.07, 6.45) is 5.58. The molecule has 5 heteroatoms. The van der Waals surface area contributed by atoms with Gasteiger partial charge in [0.05, 0.1) is 0 Å². The average Bonchev–Trinajstić information content (AvgIpc) is 2.56. The lowest BCUT2D eigenvalue weighted by Crippen LogP contribution is -2.55. The highest BCUT2D eigenvalue weighted by Crippen LogP contribution is 2.41. The fraction of sp³-hybridized carbons (Fsp3) is 0.105. The van der Waals surface area contributed by atoms with Crippen molar-refractivity contribution in [2.24, 2.45) is 0 Å². The number of carbonyl (C=O) groups is 1. The van der Waals surface area contributed by atoms with Crippen LogP contribution in [0.15, 0.2) is 66.9 Å². The summed E-state index contributed by atoms with van der Waals surface area (Å²) in [5, 5.41) is 7.44. The third-order valence-electron chi connectivity index (χ3n) is 3.87. The Morgan fingerprint density at radius 3 is 2.38 bits per heavy atom. The van der Waals surface area contributed by atoms with E-state index in [1.165, 1.54) is 6.92 Å². The lowest BCUT2D eigenvalue weighted by Gasteiger charge is -2.40. The van der Waals surface area contributed by atoms with Crippen molar-refractivity contribution in [2.45, 2.75) is 12.6 Å². The smallest absolute Gasteiger partial charge is 0.219 e. The quantitative estimate of drug-likeness (QED) is 0.848. The molecular weight excluding hydrogens is 343 g/mol. The van der Waals surface area contributed by atoms with Crippen molar-refractivity contribution in [3.05, 3.63) is 88.1 Å². The summed E-state index contributed by atoms with van der Waals surface area (Å²) in [4.78, 5) is 12.0. The monoisotopic (exact) mass is 358 g/mol. The van der Waals surface area contributed by atoms with E-state index in [1.807, 2.05) is 54.6 Å². The van der Waals surface area contributed by atoms with Gasteiger partial charge in [-0.25, -0.2) is 0 Å². The Morgan fingerprint density at radius 2 is 1.71 bits per heavy atom. The van der Waals surface area contributed by atoms with Gasteiger partial charge in [0.1, 0.15) is 0 Å². The van der Waals surface area contributed by atoms with Crippen LogP contribution in [-0.2, 0) is 10.5 Å². The van der Waals surface area contributed by atoms with Gasteiger partial charge < -0.3 is 10.6 Å². The summed E-state index contributed by atoms with van der Waals surface area (Å²) in [6, 6.07) is 14.9. The Kier molecular flexibility index (Phi) is 4.65. The van der Waals surface area contributed by atoms with Crippen LogP contribution in [0.3, 0.4) is 0 Å². The van der Waals surface area contributed by atoms with E-state index >= 15 is 0 Å². The molecule has 2 aromatic rings. The number of halogens is 2. The van der Waals surface area contributed by atoms with Gasteiger partial charge in [0.2, 0.25) is 5.91 Å². The molecule has 1 amide bonds. The zero-order valence-electron chi connectivity index (χ0n) is 13.0. The highest BCUT2D eigenvalue weighted by Gasteiger charge is 2.40. The van der Waals surface area contributed by atoms with Gasteiger partial charge in [0, 0.05) is 33.7 Å². The van der Waals surface area contributed by atoms with Crippen LogP contribution >= 0.6 is 23.2 Å². The number of dihydropyridines is 1. The van der Waals surface area contributed by atoms with Crippen molar-refractivity contribution in [3.8, 4) is 0 Å². The summed E-state index contributed by atoms with van der Waals surface area (Å²) in [5.74, 6) is -0.185. The van der Waals surface area contributed by atoms with Gasteiger partial charge in [-0.15, -0.1) is 0 Å². The molecule has 1 aliphatic rings. The molecule has 3 nitrogen and oxygen atoms in total. The van der Waals surface area contributed by atoms with Crippen molar-refractivity contribution in [1.29, 1.82) is 0 Å². The molecular formula is C19H16Cl2N2O. The Bertz CT molecular complexity index is 845. The molecule has 0 spiro atoms. The fourth-order valence-corrected chi connectivity index (χ4v) is 3.43. The number of nitrogens with one attached hydrogen (secondary N) is 2. The minimum atomic E-state index is -0.996. The second kappa shape index (κ2) is 6.71. The van der Waals surface area contributed by atoms with Crippen molar-refractivity contribution >= 4 is 34.7 Å². The van der Waals surface area contributed by atoms with E-state index in [4.69, 9.17) is 23.2 Å². The summed E-state index contributed by atoms with van der Waals surface area (Å²) >= 11 is 12.9. The van der Waals surface area contributed by atoms with Crippen LogP contribution in [-0.4, -0.2) is 5.91 Å². The molecule has 24 heavy (non-hydrogen) atoms. The molecule has 1 atom stereocenters. The maximum Gasteiger partial charge on any atom is 0.219 e. The molecule has 122 valence electrons. The Morgan fingerprint density at radius 1 is 1.04 bits per heavy atom. The molecule has 0 saturated heterocycles. The van der Waals surface area contributed by atoms with E-state index in [9.17, 15) is 4.79 Å². The first-order valence-electron chi connectivity index (χ1n) is 7.48. The second-order valence-corrected chi connectivity index (χ2v) is 6.29. The third kappa shape index (κ3) is 2.93. The maximum absolute atomic E-state index is 12.0. The van der Waals surface area contributed by atoms with Crippen molar-refractivity contribution < 1.29 is 4.79 Å². The first-order chi connectivity index (χ1) is 11.5. The lowest BCUT2D eigenvalue weighted by atomic mass is 9.84. The van der Waals surface area contributed by atoms with Crippen LogP contribution in [0.1, 0.15) is 18.1 Å². The number of carbonyl (C=O) groups excluding carboxylic acids is 1. The number of hydrogen-bond acceptors (Lipinski definition) is 2. The van der Waals surface area contributed by atoms with Crippen LogP contribution in [0.2, 0.25) is 10.0 Å². The van der Waals surface area contributed by atoms with Crippen LogP contribution in [0.25, 0.3) is 5.57 Å². The molecule has 2 aromatic carbocycles. The van der Waals surface area contributed by atoms with Gasteiger partial charge in [-0.1, -0.05) is 65.7 Å². The van der Waals surface area contributed by atoms with Crippen molar-refractivity contribution in [3.63, 3.8) is 0 Å². The first-order valence-corrected chi connectivity index (χ1v) is 8.24. The zero-order chi connectivity index (χ0) is 17.2. The molecule has 3 rings (SSSR count). The highest BCUT2D eigenvalue weighted by molar-refractivity contribution is 6.33. The number of allylic oxidation sites excluding steroid dienone is 2. The number of hydrogen-bond donors (Lipinski definition) is 2. The number of amides is 1. The number of rotatable bonds is 3. The predicted octanol–water partition coefficient (Wildman–Crippen LogP) is 4.48. The van der Waals surface area contributed by atoms with E-state index in [-0.39, 0.29) is 5.91 Å². The molecule has 0 aromatic heterocycles. The van der Waals surface area contributed by atoms with Crippen LogP contribution in [0, 0.1) is 0 Å². The van der Waals surface area contributed by atoms with E-state index in [0.717, 1.165) is 16.7 Å². The van der Waals surface area contributed by atoms with Crippen molar-refractivity contribution in [2.75, 3.05) is 0 Å². The molecule has 0 aliphatic carbocycles. The third-order valence-corrected chi connectivity index (χ3v) is 4.53. The SMILES string of the molecule is CC(=O)NC1(c2ccccc2Cl)NC=CC=C1c1ccccc1Cl. The van der Waals surface area contributed by atoms with E-state index in [1.54, 1.807) is 12.3 Å². The molecule has 1 aliphatic heterocycles. The average molecular weight is 359 g/mol. The van der Waals surface area contributed by atoms with Gasteiger partial charge in [0.15, 0.2) is 5.66 Å². The van der Waals surface area contributed by atoms with E-state index in [2.05, 4.69) is 10.6 Å². The molecule has 0 fully saturated rings. The topological polar surface area (TPSA) is 41.1 Å². The van der Waals surface area contributed by atoms with Gasteiger partial charge >= 0.3 is 0 Å². The molecule has 2 N–H and O–H groups in total. The lowest BCUT2D eigenvalue weighted by molar-refractivity contribution is -0.120. The minimum absolute atomic E-state index is 0.185. The van der Waals surface area contributed by atoms with Crippen LogP contribution in [0.4, 0.5) is 0 Å². The first kappa shape index (κ1) is 16.6. The molecule has 0 bridgehead atoms. The van der Waals surface area contributed by atoms with E-state index < -0.39 is 5.66 Å². The Balaban J connectivity index is 2.26. The maximum atomic E-state index is 12.0. The summed E-state index contributed by atoms with van der Waals surface area (Å²) in [7, 11) is 0. The van der Waals surface area contributed by atoms with Crippen LogP contribution in [0.5, 0.6) is 0 Å². The zero-order valence-corrected chi connectivity index (χ0v) is 14.5. The highest BCUT2D eigenvalue weighted by atomic mass is 35.5. The van der Waals surface area contributed by atoms with Gasteiger partial charge in [-0.05, 0) is 24.4 Å². The summed E-state index contributed by atoms with van der Waals surface area (Å²) in [5.41, 5.74) is 1.39. The fourth-order valence-electron chi connectivity index (χ4n) is 2.91.